The number of rotatable bonds is 3. The molecular formula is C11H14N4O2S2. The Kier molecular flexibility index (Phi) is 4.31. The molecule has 1 unspecified atom stereocenters. The fourth-order valence-corrected chi connectivity index (χ4v) is 3.17. The second-order valence-electron chi connectivity index (χ2n) is 4.08. The molecule has 0 spiro atoms. The summed E-state index contributed by atoms with van der Waals surface area (Å²) in [5, 5.41) is 0.538. The average molecular weight is 298 g/mol. The first-order valence-corrected chi connectivity index (χ1v) is 7.76. The Hall–Kier alpha value is -1.28. The molecule has 19 heavy (non-hydrogen) atoms. The molecule has 2 N–H and O–H groups in total. The zero-order valence-electron chi connectivity index (χ0n) is 10.6. The Morgan fingerprint density at radius 1 is 1.53 bits per heavy atom. The van der Waals surface area contributed by atoms with Crippen molar-refractivity contribution in [2.75, 3.05) is 23.4 Å². The van der Waals surface area contributed by atoms with Crippen LogP contribution in [0.5, 0.6) is 0 Å². The summed E-state index contributed by atoms with van der Waals surface area (Å²) >= 11 is 2.57. The highest BCUT2D eigenvalue weighted by Crippen LogP contribution is 2.29. The number of carbonyl (C=O) groups excluding carboxylic acids is 2. The topological polar surface area (TPSA) is 89.2 Å². The van der Waals surface area contributed by atoms with Crippen LogP contribution < -0.4 is 10.6 Å². The first kappa shape index (κ1) is 14.1. The summed E-state index contributed by atoms with van der Waals surface area (Å²) in [4.78, 5) is 33.0. The minimum Gasteiger partial charge on any atom is -0.383 e. The summed E-state index contributed by atoms with van der Waals surface area (Å²) in [7, 11) is 0. The molecule has 1 aliphatic heterocycles. The maximum atomic E-state index is 12.0. The van der Waals surface area contributed by atoms with Gasteiger partial charge in [-0.1, -0.05) is 23.5 Å². The molecule has 0 radical (unpaired) electrons. The van der Waals surface area contributed by atoms with Gasteiger partial charge in [0.15, 0.2) is 10.3 Å². The van der Waals surface area contributed by atoms with Gasteiger partial charge in [0.2, 0.25) is 5.91 Å². The van der Waals surface area contributed by atoms with E-state index >= 15 is 0 Å². The maximum Gasteiger partial charge on any atom is 0.229 e. The van der Waals surface area contributed by atoms with Crippen LogP contribution >= 0.6 is 23.5 Å². The lowest BCUT2D eigenvalue weighted by molar-refractivity contribution is -0.117. The number of hydrogen-bond donors (Lipinski definition) is 1. The molecule has 1 aliphatic rings. The lowest BCUT2D eigenvalue weighted by Gasteiger charge is -2.16. The first-order chi connectivity index (χ1) is 8.99. The molecule has 0 saturated carbocycles. The number of anilines is 2. The Morgan fingerprint density at radius 3 is 2.89 bits per heavy atom. The number of aromatic nitrogens is 2. The van der Waals surface area contributed by atoms with E-state index in [1.165, 1.54) is 30.4 Å². The van der Waals surface area contributed by atoms with Gasteiger partial charge in [-0.15, -0.1) is 0 Å². The molecule has 1 aromatic heterocycles. The Balaban J connectivity index is 2.20. The van der Waals surface area contributed by atoms with Crippen LogP contribution in [0.1, 0.15) is 13.3 Å². The van der Waals surface area contributed by atoms with Gasteiger partial charge in [-0.2, -0.15) is 0 Å². The van der Waals surface area contributed by atoms with E-state index in [2.05, 4.69) is 9.97 Å². The molecule has 1 atom stereocenters. The standard InChI is InChI=1S/C11H14N4O2S2/c1-6(16)19-7-3-10(17)15(5-7)9-4-8(12)13-11(14-9)18-2/h4,7H,3,5H2,1-2H3,(H2,12,13,14). The number of thioether (sulfide) groups is 2. The number of carbonyl (C=O) groups is 2. The number of amides is 1. The van der Waals surface area contributed by atoms with Crippen LogP contribution in [0.3, 0.4) is 0 Å². The number of nitrogen functional groups attached to an aromatic ring is 1. The second-order valence-corrected chi connectivity index (χ2v) is 6.33. The van der Waals surface area contributed by atoms with E-state index in [-0.39, 0.29) is 16.3 Å². The summed E-state index contributed by atoms with van der Waals surface area (Å²) in [6, 6.07) is 1.58. The Labute approximate surface area is 119 Å². The minimum atomic E-state index is -0.0381. The van der Waals surface area contributed by atoms with Crippen LogP contribution in [0.15, 0.2) is 11.2 Å². The van der Waals surface area contributed by atoms with Crippen molar-refractivity contribution in [3.05, 3.63) is 6.07 Å². The number of nitrogens with two attached hydrogens (primary N) is 1. The monoisotopic (exact) mass is 298 g/mol. The van der Waals surface area contributed by atoms with Crippen molar-refractivity contribution in [1.29, 1.82) is 0 Å². The molecule has 0 aromatic carbocycles. The van der Waals surface area contributed by atoms with Crippen molar-refractivity contribution < 1.29 is 9.59 Å². The van der Waals surface area contributed by atoms with Crippen molar-refractivity contribution >= 4 is 46.2 Å². The van der Waals surface area contributed by atoms with Gasteiger partial charge in [0.25, 0.3) is 0 Å². The normalized spacial score (nSPS) is 18.9. The highest BCUT2D eigenvalue weighted by Gasteiger charge is 2.33. The van der Waals surface area contributed by atoms with Gasteiger partial charge in [-0.25, -0.2) is 9.97 Å². The zero-order valence-corrected chi connectivity index (χ0v) is 12.3. The molecule has 1 aromatic rings. The lowest BCUT2D eigenvalue weighted by atomic mass is 10.4. The van der Waals surface area contributed by atoms with E-state index in [4.69, 9.17) is 5.73 Å². The largest absolute Gasteiger partial charge is 0.383 e. The van der Waals surface area contributed by atoms with Gasteiger partial charge in [0.1, 0.15) is 11.6 Å². The third kappa shape index (κ3) is 3.38. The third-order valence-corrected chi connectivity index (χ3v) is 4.12. The molecule has 1 amide bonds. The summed E-state index contributed by atoms with van der Waals surface area (Å²) in [6.07, 6.45) is 2.20. The van der Waals surface area contributed by atoms with Crippen LogP contribution in [-0.2, 0) is 9.59 Å². The van der Waals surface area contributed by atoms with Crippen molar-refractivity contribution in [3.63, 3.8) is 0 Å². The van der Waals surface area contributed by atoms with Gasteiger partial charge >= 0.3 is 0 Å². The highest BCUT2D eigenvalue weighted by molar-refractivity contribution is 8.14. The minimum absolute atomic E-state index is 0.0149. The Morgan fingerprint density at radius 2 is 2.26 bits per heavy atom. The van der Waals surface area contributed by atoms with Gasteiger partial charge in [-0.3, -0.25) is 14.5 Å². The molecule has 0 bridgehead atoms. The molecule has 8 heteroatoms. The van der Waals surface area contributed by atoms with E-state index in [0.29, 0.717) is 29.8 Å². The van der Waals surface area contributed by atoms with Gasteiger partial charge in [0, 0.05) is 31.2 Å². The van der Waals surface area contributed by atoms with Crippen LogP contribution in [0, 0.1) is 0 Å². The van der Waals surface area contributed by atoms with Crippen LogP contribution in [0.4, 0.5) is 11.6 Å². The number of nitrogens with zero attached hydrogens (tertiary/aromatic N) is 3. The quantitative estimate of drug-likeness (QED) is 0.661. The number of hydrogen-bond acceptors (Lipinski definition) is 7. The van der Waals surface area contributed by atoms with Crippen LogP contribution in [-0.4, -0.2) is 39.0 Å². The van der Waals surface area contributed by atoms with Crippen molar-refractivity contribution in [1.82, 2.24) is 9.97 Å². The van der Waals surface area contributed by atoms with Crippen molar-refractivity contribution in [2.45, 2.75) is 23.8 Å². The molecule has 1 saturated heterocycles. The van der Waals surface area contributed by atoms with Crippen molar-refractivity contribution in [3.8, 4) is 0 Å². The molecule has 6 nitrogen and oxygen atoms in total. The fourth-order valence-electron chi connectivity index (χ4n) is 1.87. The smallest absolute Gasteiger partial charge is 0.229 e. The summed E-state index contributed by atoms with van der Waals surface area (Å²) < 4.78 is 0. The maximum absolute atomic E-state index is 12.0. The third-order valence-electron chi connectivity index (χ3n) is 2.59. The molecule has 2 rings (SSSR count). The van der Waals surface area contributed by atoms with E-state index in [9.17, 15) is 9.59 Å². The van der Waals surface area contributed by atoms with E-state index < -0.39 is 0 Å². The summed E-state index contributed by atoms with van der Waals surface area (Å²) in [6.45, 7) is 1.99. The second kappa shape index (κ2) is 5.79. The highest BCUT2D eigenvalue weighted by atomic mass is 32.2. The Bertz CT molecular complexity index is 523. The molecular weight excluding hydrogens is 284 g/mol. The van der Waals surface area contributed by atoms with E-state index in [0.717, 1.165) is 0 Å². The van der Waals surface area contributed by atoms with Crippen LogP contribution in [0.25, 0.3) is 0 Å². The molecule has 102 valence electrons. The zero-order chi connectivity index (χ0) is 14.0. The van der Waals surface area contributed by atoms with E-state index in [1.807, 2.05) is 6.26 Å². The lowest BCUT2D eigenvalue weighted by Crippen LogP contribution is -2.26. The summed E-state index contributed by atoms with van der Waals surface area (Å²) in [5.74, 6) is 0.808. The van der Waals surface area contributed by atoms with Crippen LogP contribution in [0.2, 0.25) is 0 Å². The predicted octanol–water partition coefficient (Wildman–Crippen LogP) is 1.17. The van der Waals surface area contributed by atoms with Crippen molar-refractivity contribution in [2.24, 2.45) is 0 Å². The summed E-state index contributed by atoms with van der Waals surface area (Å²) in [5.41, 5.74) is 5.70. The van der Waals surface area contributed by atoms with E-state index in [1.54, 1.807) is 11.0 Å². The molecule has 0 aliphatic carbocycles. The fraction of sp³-hybridized carbons (Fsp3) is 0.455. The van der Waals surface area contributed by atoms with Gasteiger partial charge in [0.05, 0.1) is 0 Å². The van der Waals surface area contributed by atoms with Gasteiger partial charge < -0.3 is 5.73 Å². The average Bonchev–Trinajstić information content (AvgIpc) is 2.68. The molecule has 1 fully saturated rings. The van der Waals surface area contributed by atoms with Gasteiger partial charge in [-0.05, 0) is 6.26 Å². The first-order valence-electron chi connectivity index (χ1n) is 5.65. The SMILES string of the molecule is CSc1nc(N)cc(N2CC(SC(C)=O)CC2=O)n1. The predicted molar refractivity (Wildman–Crippen MR) is 77.3 cm³/mol. The molecule has 2 heterocycles.